The number of amides is 2. The Morgan fingerprint density at radius 1 is 0.933 bits per heavy atom. The van der Waals surface area contributed by atoms with Crippen LogP contribution < -0.4 is 10.6 Å². The molecule has 6 nitrogen and oxygen atoms in total. The average molecular weight is 417 g/mol. The van der Waals surface area contributed by atoms with Crippen LogP contribution in [0.1, 0.15) is 21.1 Å². The summed E-state index contributed by atoms with van der Waals surface area (Å²) in [5, 5.41) is 12.1. The van der Waals surface area contributed by atoms with Crippen molar-refractivity contribution in [2.24, 2.45) is 0 Å². The van der Waals surface area contributed by atoms with Crippen molar-refractivity contribution in [3.05, 3.63) is 94.4 Å². The number of para-hydroxylation sites is 3. The fourth-order valence-corrected chi connectivity index (χ4v) is 3.77. The van der Waals surface area contributed by atoms with Crippen LogP contribution in [0.5, 0.6) is 0 Å². The van der Waals surface area contributed by atoms with Gasteiger partial charge >= 0.3 is 0 Å². The SMILES string of the molecule is Cc1cc(C(=O)Nc2ccccc2NC(=O)Cc2cccs2)nn1-c1ccccc1. The summed E-state index contributed by atoms with van der Waals surface area (Å²) in [6.45, 7) is 1.90. The molecule has 0 saturated carbocycles. The van der Waals surface area contributed by atoms with Gasteiger partial charge in [-0.25, -0.2) is 4.68 Å². The second-order valence-corrected chi connectivity index (χ2v) is 7.75. The summed E-state index contributed by atoms with van der Waals surface area (Å²) in [4.78, 5) is 26.1. The number of carbonyl (C=O) groups excluding carboxylic acids is 2. The molecular weight excluding hydrogens is 396 g/mol. The van der Waals surface area contributed by atoms with Crippen molar-refractivity contribution in [2.75, 3.05) is 10.6 Å². The van der Waals surface area contributed by atoms with E-state index in [1.165, 1.54) is 11.3 Å². The van der Waals surface area contributed by atoms with E-state index >= 15 is 0 Å². The van der Waals surface area contributed by atoms with Gasteiger partial charge in [-0.15, -0.1) is 11.3 Å². The monoisotopic (exact) mass is 416 g/mol. The zero-order valence-corrected chi connectivity index (χ0v) is 17.1. The maximum Gasteiger partial charge on any atom is 0.276 e. The number of hydrogen-bond donors (Lipinski definition) is 2. The molecule has 0 bridgehead atoms. The lowest BCUT2D eigenvalue weighted by Gasteiger charge is -2.11. The van der Waals surface area contributed by atoms with E-state index in [9.17, 15) is 9.59 Å². The van der Waals surface area contributed by atoms with Gasteiger partial charge in [0.15, 0.2) is 5.69 Å². The predicted molar refractivity (Wildman–Crippen MR) is 119 cm³/mol. The second-order valence-electron chi connectivity index (χ2n) is 6.72. The molecular formula is C23H20N4O2S. The number of hydrogen-bond acceptors (Lipinski definition) is 4. The summed E-state index contributed by atoms with van der Waals surface area (Å²) in [5.41, 5.74) is 3.11. The first-order chi connectivity index (χ1) is 14.6. The average Bonchev–Trinajstić information content (AvgIpc) is 3.39. The number of nitrogens with zero attached hydrogens (tertiary/aromatic N) is 2. The molecule has 2 aromatic heterocycles. The van der Waals surface area contributed by atoms with Gasteiger partial charge in [-0.05, 0) is 48.7 Å². The Labute approximate surface area is 178 Å². The summed E-state index contributed by atoms with van der Waals surface area (Å²) in [6.07, 6.45) is 0.292. The molecule has 0 radical (unpaired) electrons. The largest absolute Gasteiger partial charge is 0.324 e. The Bertz CT molecular complexity index is 1170. The number of rotatable bonds is 6. The molecule has 30 heavy (non-hydrogen) atoms. The van der Waals surface area contributed by atoms with Crippen LogP contribution in [0.25, 0.3) is 5.69 Å². The zero-order chi connectivity index (χ0) is 20.9. The molecule has 0 aliphatic carbocycles. The predicted octanol–water partition coefficient (Wildman–Crippen LogP) is 4.68. The number of aryl methyl sites for hydroxylation is 1. The number of thiophene rings is 1. The summed E-state index contributed by atoms with van der Waals surface area (Å²) >= 11 is 1.53. The van der Waals surface area contributed by atoms with E-state index in [0.717, 1.165) is 16.3 Å². The van der Waals surface area contributed by atoms with E-state index in [0.29, 0.717) is 23.5 Å². The van der Waals surface area contributed by atoms with Crippen LogP contribution in [0.3, 0.4) is 0 Å². The van der Waals surface area contributed by atoms with Crippen molar-refractivity contribution in [3.8, 4) is 5.69 Å². The third kappa shape index (κ3) is 4.47. The molecule has 0 fully saturated rings. The highest BCUT2D eigenvalue weighted by Gasteiger charge is 2.16. The zero-order valence-electron chi connectivity index (χ0n) is 16.3. The first kappa shape index (κ1) is 19.6. The molecule has 2 heterocycles. The minimum atomic E-state index is -0.340. The first-order valence-electron chi connectivity index (χ1n) is 9.45. The van der Waals surface area contributed by atoms with Gasteiger partial charge in [0.05, 0.1) is 23.5 Å². The lowest BCUT2D eigenvalue weighted by Crippen LogP contribution is -2.18. The lowest BCUT2D eigenvalue weighted by molar-refractivity contribution is -0.115. The van der Waals surface area contributed by atoms with Crippen LogP contribution >= 0.6 is 11.3 Å². The first-order valence-corrected chi connectivity index (χ1v) is 10.3. The van der Waals surface area contributed by atoms with Crippen LogP contribution in [0, 0.1) is 6.92 Å². The van der Waals surface area contributed by atoms with Crippen molar-refractivity contribution in [1.82, 2.24) is 9.78 Å². The quantitative estimate of drug-likeness (QED) is 0.479. The molecule has 4 aromatic rings. The van der Waals surface area contributed by atoms with Gasteiger partial charge in [-0.3, -0.25) is 9.59 Å². The van der Waals surface area contributed by atoms with E-state index < -0.39 is 0 Å². The van der Waals surface area contributed by atoms with E-state index in [1.54, 1.807) is 28.9 Å². The van der Waals surface area contributed by atoms with E-state index in [2.05, 4.69) is 15.7 Å². The smallest absolute Gasteiger partial charge is 0.276 e. The molecule has 0 unspecified atom stereocenters. The van der Waals surface area contributed by atoms with Crippen molar-refractivity contribution in [3.63, 3.8) is 0 Å². The van der Waals surface area contributed by atoms with Gasteiger partial charge < -0.3 is 10.6 Å². The normalized spacial score (nSPS) is 10.6. The highest BCUT2D eigenvalue weighted by Crippen LogP contribution is 2.23. The summed E-state index contributed by atoms with van der Waals surface area (Å²) < 4.78 is 1.73. The third-order valence-corrected chi connectivity index (χ3v) is 5.36. The molecule has 7 heteroatoms. The summed E-state index contributed by atoms with van der Waals surface area (Å²) in [6, 6.07) is 22.3. The molecule has 2 aromatic carbocycles. The fourth-order valence-electron chi connectivity index (χ4n) is 3.07. The molecule has 2 amide bonds. The number of carbonyl (C=O) groups is 2. The highest BCUT2D eigenvalue weighted by molar-refractivity contribution is 7.10. The van der Waals surface area contributed by atoms with E-state index in [4.69, 9.17) is 0 Å². The maximum absolute atomic E-state index is 12.8. The standard InChI is InChI=1S/C23H20N4O2S/c1-16-14-21(26-27(16)17-8-3-2-4-9-17)23(29)25-20-12-6-5-11-19(20)24-22(28)15-18-10-7-13-30-18/h2-14H,15H2,1H3,(H,24,28)(H,25,29). The molecule has 0 saturated heterocycles. The van der Waals surface area contributed by atoms with Crippen LogP contribution in [0.2, 0.25) is 0 Å². The number of benzene rings is 2. The number of nitrogens with one attached hydrogen (secondary N) is 2. The fraction of sp³-hybridized carbons (Fsp3) is 0.0870. The van der Waals surface area contributed by atoms with E-state index in [1.807, 2.05) is 60.8 Å². The summed E-state index contributed by atoms with van der Waals surface area (Å²) in [5.74, 6) is -0.476. The Morgan fingerprint density at radius 3 is 2.33 bits per heavy atom. The van der Waals surface area contributed by atoms with Crippen LogP contribution in [-0.4, -0.2) is 21.6 Å². The van der Waals surface area contributed by atoms with Crippen molar-refractivity contribution < 1.29 is 9.59 Å². The number of anilines is 2. The van der Waals surface area contributed by atoms with Crippen molar-refractivity contribution in [2.45, 2.75) is 13.3 Å². The van der Waals surface area contributed by atoms with Crippen LogP contribution in [0.15, 0.2) is 78.2 Å². The topological polar surface area (TPSA) is 76.0 Å². The molecule has 0 atom stereocenters. The molecule has 0 aliphatic rings. The molecule has 2 N–H and O–H groups in total. The maximum atomic E-state index is 12.8. The molecule has 4 rings (SSSR count). The van der Waals surface area contributed by atoms with Gasteiger partial charge in [0.25, 0.3) is 5.91 Å². The minimum absolute atomic E-state index is 0.136. The Morgan fingerprint density at radius 2 is 1.63 bits per heavy atom. The Kier molecular flexibility index (Phi) is 5.72. The van der Waals surface area contributed by atoms with Gasteiger partial charge in [0.1, 0.15) is 0 Å². The Balaban J connectivity index is 1.49. The van der Waals surface area contributed by atoms with Gasteiger partial charge in [0, 0.05) is 10.6 Å². The molecule has 0 spiro atoms. The van der Waals surface area contributed by atoms with Crippen molar-refractivity contribution >= 4 is 34.5 Å². The Hall–Kier alpha value is -3.71. The second kappa shape index (κ2) is 8.75. The van der Waals surface area contributed by atoms with Gasteiger partial charge in [-0.1, -0.05) is 36.4 Å². The third-order valence-electron chi connectivity index (χ3n) is 4.49. The van der Waals surface area contributed by atoms with E-state index in [-0.39, 0.29) is 11.8 Å². The highest BCUT2D eigenvalue weighted by atomic mass is 32.1. The van der Waals surface area contributed by atoms with Crippen LogP contribution in [0.4, 0.5) is 11.4 Å². The number of aromatic nitrogens is 2. The van der Waals surface area contributed by atoms with Crippen molar-refractivity contribution in [1.29, 1.82) is 0 Å². The van der Waals surface area contributed by atoms with Crippen LogP contribution in [-0.2, 0) is 11.2 Å². The lowest BCUT2D eigenvalue weighted by atomic mass is 10.2. The molecule has 150 valence electrons. The van der Waals surface area contributed by atoms with Gasteiger partial charge in [0.2, 0.25) is 5.91 Å². The minimum Gasteiger partial charge on any atom is -0.324 e. The molecule has 0 aliphatic heterocycles. The summed E-state index contributed by atoms with van der Waals surface area (Å²) in [7, 11) is 0. The van der Waals surface area contributed by atoms with Gasteiger partial charge in [-0.2, -0.15) is 5.10 Å².